The summed E-state index contributed by atoms with van der Waals surface area (Å²) in [4.78, 5) is 0. The maximum Gasteiger partial charge on any atom is 0.489 e. The van der Waals surface area contributed by atoms with Crippen LogP contribution < -0.4 is 0 Å². The van der Waals surface area contributed by atoms with E-state index in [1.807, 2.05) is 55.4 Å². The fraction of sp³-hybridized carbons (Fsp3) is 0.913. The molecule has 3 aliphatic rings. The molecule has 186 valence electrons. The highest BCUT2D eigenvalue weighted by molar-refractivity contribution is 6.81. The molecule has 3 rings (SSSR count). The lowest BCUT2D eigenvalue weighted by Gasteiger charge is -2.32. The molecule has 10 heteroatoms. The summed E-state index contributed by atoms with van der Waals surface area (Å²) in [6.07, 6.45) is 1.41. The standard InChI is InChI=1S/C23H42B3ClO6/c1-18(2)19(3,4)29-24(28-18)16(14-13-15-27)17(25-30-20(5,6)21(7,8)31-25)26-32-22(9,10)23(11,12)33-26/h13-15H2,1-12H3. The summed E-state index contributed by atoms with van der Waals surface area (Å²) in [5, 5.41) is 0.788. The first-order valence-electron chi connectivity index (χ1n) is 12.1. The van der Waals surface area contributed by atoms with E-state index in [1.165, 1.54) is 0 Å². The van der Waals surface area contributed by atoms with Crippen LogP contribution in [0.25, 0.3) is 0 Å². The fourth-order valence-electron chi connectivity index (χ4n) is 3.99. The van der Waals surface area contributed by atoms with Gasteiger partial charge < -0.3 is 27.9 Å². The zero-order chi connectivity index (χ0) is 25.3. The summed E-state index contributed by atoms with van der Waals surface area (Å²) in [6.45, 7) is 24.6. The fourth-order valence-corrected chi connectivity index (χ4v) is 4.13. The van der Waals surface area contributed by atoms with Crippen molar-refractivity contribution in [2.24, 2.45) is 0 Å². The summed E-state index contributed by atoms with van der Waals surface area (Å²) >= 11 is 6.14. The third kappa shape index (κ3) is 4.85. The lowest BCUT2D eigenvalue weighted by Crippen LogP contribution is -2.41. The zero-order valence-electron chi connectivity index (χ0n) is 22.7. The minimum absolute atomic E-state index is 0.485. The van der Waals surface area contributed by atoms with Crippen LogP contribution in [-0.2, 0) is 27.9 Å². The Kier molecular flexibility index (Phi) is 7.13. The van der Waals surface area contributed by atoms with E-state index in [0.29, 0.717) is 12.3 Å². The van der Waals surface area contributed by atoms with Gasteiger partial charge in [-0.1, -0.05) is 0 Å². The Morgan fingerprint density at radius 2 is 0.788 bits per heavy atom. The van der Waals surface area contributed by atoms with Crippen molar-refractivity contribution in [3.05, 3.63) is 10.8 Å². The van der Waals surface area contributed by atoms with Gasteiger partial charge in [0.1, 0.15) is 0 Å². The largest absolute Gasteiger partial charge is 0.489 e. The molecular weight excluding hydrogens is 440 g/mol. The van der Waals surface area contributed by atoms with Crippen LogP contribution in [0.1, 0.15) is 95.9 Å². The summed E-state index contributed by atoms with van der Waals surface area (Å²) in [6, 6.07) is 0. The van der Waals surface area contributed by atoms with Crippen molar-refractivity contribution in [3.63, 3.8) is 0 Å². The van der Waals surface area contributed by atoms with Gasteiger partial charge in [0.15, 0.2) is 0 Å². The van der Waals surface area contributed by atoms with Gasteiger partial charge in [0, 0.05) is 5.88 Å². The molecule has 0 aliphatic carbocycles. The minimum atomic E-state index is -0.658. The number of alkyl halides is 1. The van der Waals surface area contributed by atoms with Crippen molar-refractivity contribution < 1.29 is 27.9 Å². The quantitative estimate of drug-likeness (QED) is 0.383. The minimum Gasteiger partial charge on any atom is -0.400 e. The van der Waals surface area contributed by atoms with E-state index >= 15 is 0 Å². The molecule has 0 aromatic rings. The van der Waals surface area contributed by atoms with Gasteiger partial charge in [0.05, 0.1) is 33.6 Å². The zero-order valence-corrected chi connectivity index (χ0v) is 23.4. The van der Waals surface area contributed by atoms with Crippen LogP contribution in [0.2, 0.25) is 0 Å². The Balaban J connectivity index is 2.14. The normalized spacial score (nSPS) is 28.5. The van der Waals surface area contributed by atoms with Gasteiger partial charge in [-0.2, -0.15) is 0 Å². The molecule has 0 atom stereocenters. The first-order chi connectivity index (χ1) is 14.8. The number of allylic oxidation sites excluding steroid dienone is 1. The van der Waals surface area contributed by atoms with E-state index in [0.717, 1.165) is 17.3 Å². The molecule has 3 aliphatic heterocycles. The maximum atomic E-state index is 6.52. The van der Waals surface area contributed by atoms with Gasteiger partial charge in [0.25, 0.3) is 0 Å². The monoisotopic (exact) mass is 482 g/mol. The maximum absolute atomic E-state index is 6.52. The molecule has 0 bridgehead atoms. The smallest absolute Gasteiger partial charge is 0.400 e. The van der Waals surface area contributed by atoms with Crippen LogP contribution in [0.15, 0.2) is 10.8 Å². The second-order valence-corrected chi connectivity index (χ2v) is 12.9. The van der Waals surface area contributed by atoms with Crippen LogP contribution in [0.5, 0.6) is 0 Å². The van der Waals surface area contributed by atoms with Gasteiger partial charge in [-0.25, -0.2) is 0 Å². The van der Waals surface area contributed by atoms with Gasteiger partial charge in [0.2, 0.25) is 0 Å². The number of halogens is 1. The Bertz CT molecular complexity index is 707. The van der Waals surface area contributed by atoms with E-state index < -0.39 is 55.0 Å². The lowest BCUT2D eigenvalue weighted by atomic mass is 9.50. The third-order valence-electron chi connectivity index (χ3n) is 8.50. The highest BCUT2D eigenvalue weighted by Crippen LogP contribution is 2.46. The second kappa shape index (κ2) is 8.53. The number of hydrogen-bond acceptors (Lipinski definition) is 6. The summed E-state index contributed by atoms with van der Waals surface area (Å²) < 4.78 is 39.0. The molecule has 0 aromatic carbocycles. The van der Waals surface area contributed by atoms with Gasteiger partial charge >= 0.3 is 21.4 Å². The molecule has 3 heterocycles. The Labute approximate surface area is 207 Å². The van der Waals surface area contributed by atoms with Crippen molar-refractivity contribution in [2.75, 3.05) is 5.88 Å². The van der Waals surface area contributed by atoms with E-state index in [-0.39, 0.29) is 0 Å². The first kappa shape index (κ1) is 27.6. The van der Waals surface area contributed by atoms with E-state index in [4.69, 9.17) is 39.5 Å². The number of hydrogen-bond donors (Lipinski definition) is 0. The molecule has 0 radical (unpaired) electrons. The van der Waals surface area contributed by atoms with E-state index in [1.54, 1.807) is 0 Å². The molecule has 0 spiro atoms. The molecule has 0 N–H and O–H groups in total. The van der Waals surface area contributed by atoms with Gasteiger partial charge in [-0.15, -0.1) is 11.6 Å². The SMILES string of the molecule is CC1(C)OB(C(CCCCl)=C(B2OC(C)(C)C(C)(C)O2)B2OC(C)(C)C(C)(C)O2)OC1(C)C. The highest BCUT2D eigenvalue weighted by atomic mass is 35.5. The van der Waals surface area contributed by atoms with Crippen LogP contribution in [0.3, 0.4) is 0 Å². The molecule has 0 saturated carbocycles. The molecular formula is C23H42B3ClO6. The van der Waals surface area contributed by atoms with Gasteiger partial charge in [-0.05, 0) is 107 Å². The predicted octanol–water partition coefficient (Wildman–Crippen LogP) is 5.20. The Morgan fingerprint density at radius 1 is 0.515 bits per heavy atom. The molecule has 0 aromatic heterocycles. The Hall–Kier alpha value is -0.0152. The van der Waals surface area contributed by atoms with Crippen molar-refractivity contribution in [3.8, 4) is 0 Å². The summed E-state index contributed by atoms with van der Waals surface area (Å²) in [7, 11) is -1.89. The average Bonchev–Trinajstić information content (AvgIpc) is 3.06. The molecule has 33 heavy (non-hydrogen) atoms. The number of rotatable bonds is 6. The van der Waals surface area contributed by atoms with Crippen LogP contribution in [-0.4, -0.2) is 60.8 Å². The second-order valence-electron chi connectivity index (χ2n) is 12.5. The molecule has 6 nitrogen and oxygen atoms in total. The van der Waals surface area contributed by atoms with Crippen molar-refractivity contribution >= 4 is 33.0 Å². The van der Waals surface area contributed by atoms with Crippen LogP contribution in [0.4, 0.5) is 0 Å². The Morgan fingerprint density at radius 3 is 1.06 bits per heavy atom. The molecule has 3 saturated heterocycles. The topological polar surface area (TPSA) is 55.4 Å². The first-order valence-corrected chi connectivity index (χ1v) is 12.7. The predicted molar refractivity (Wildman–Crippen MR) is 135 cm³/mol. The molecule has 3 fully saturated rings. The highest BCUT2D eigenvalue weighted by Gasteiger charge is 2.62. The third-order valence-corrected chi connectivity index (χ3v) is 8.77. The average molecular weight is 482 g/mol. The molecule has 0 unspecified atom stereocenters. The van der Waals surface area contributed by atoms with Crippen molar-refractivity contribution in [1.29, 1.82) is 0 Å². The van der Waals surface area contributed by atoms with Crippen LogP contribution in [0, 0.1) is 0 Å². The molecule has 0 amide bonds. The van der Waals surface area contributed by atoms with E-state index in [9.17, 15) is 0 Å². The summed E-state index contributed by atoms with van der Waals surface area (Å²) in [5.74, 6) is 0.517. The van der Waals surface area contributed by atoms with Crippen molar-refractivity contribution in [1.82, 2.24) is 0 Å². The summed E-state index contributed by atoms with van der Waals surface area (Å²) in [5.41, 5.74) is -2.10. The van der Waals surface area contributed by atoms with E-state index in [2.05, 4.69) is 27.7 Å². The lowest BCUT2D eigenvalue weighted by molar-refractivity contribution is 0.00578. The van der Waals surface area contributed by atoms with Crippen molar-refractivity contribution in [2.45, 2.75) is 130 Å². The van der Waals surface area contributed by atoms with Gasteiger partial charge in [-0.3, -0.25) is 0 Å². The van der Waals surface area contributed by atoms with Crippen LogP contribution >= 0.6 is 11.6 Å².